The molecule has 1 amide bonds. The van der Waals surface area contributed by atoms with Crippen molar-refractivity contribution in [3.05, 3.63) is 0 Å². The first kappa shape index (κ1) is 13.5. The molecule has 0 unspecified atom stereocenters. The quantitative estimate of drug-likeness (QED) is 0.768. The van der Waals surface area contributed by atoms with E-state index >= 15 is 0 Å². The number of hydrogen-bond donors (Lipinski definition) is 1. The topological polar surface area (TPSA) is 55.6 Å². The highest BCUT2D eigenvalue weighted by Gasteiger charge is 2.37. The third-order valence-corrected chi connectivity index (χ3v) is 3.41. The average molecular weight is 228 g/mol. The lowest BCUT2D eigenvalue weighted by atomic mass is 9.81. The van der Waals surface area contributed by atoms with E-state index in [0.717, 1.165) is 25.7 Å². The molecule has 0 bridgehead atoms. The summed E-state index contributed by atoms with van der Waals surface area (Å²) in [5, 5.41) is 0. The molecule has 2 N–H and O–H groups in total. The summed E-state index contributed by atoms with van der Waals surface area (Å²) in [7, 11) is 1.65. The Balaban J connectivity index is 2.58. The number of nitrogens with two attached hydrogens (primary N) is 1. The second-order valence-corrected chi connectivity index (χ2v) is 4.59. The fourth-order valence-electron chi connectivity index (χ4n) is 2.32. The molecule has 1 fully saturated rings. The van der Waals surface area contributed by atoms with Crippen LogP contribution in [0.2, 0.25) is 0 Å². The highest BCUT2D eigenvalue weighted by molar-refractivity contribution is 5.86. The normalized spacial score (nSPS) is 19.4. The van der Waals surface area contributed by atoms with Crippen molar-refractivity contribution in [3.8, 4) is 0 Å². The number of ether oxygens (including phenoxy) is 1. The molecule has 1 rings (SSSR count). The molecule has 0 aliphatic heterocycles. The van der Waals surface area contributed by atoms with E-state index in [1.807, 2.05) is 11.8 Å². The first-order chi connectivity index (χ1) is 7.64. The summed E-state index contributed by atoms with van der Waals surface area (Å²) in [6.45, 7) is 3.92. The number of carbonyl (C=O) groups is 1. The van der Waals surface area contributed by atoms with Crippen LogP contribution in [0.25, 0.3) is 0 Å². The highest BCUT2D eigenvalue weighted by Crippen LogP contribution is 2.27. The lowest BCUT2D eigenvalue weighted by molar-refractivity contribution is -0.138. The van der Waals surface area contributed by atoms with Crippen LogP contribution in [-0.2, 0) is 9.53 Å². The standard InChI is InChI=1S/C12H24N2O2/c1-3-14(9-10-16-2)11(15)12(13)7-5-4-6-8-12/h3-10,13H2,1-2H3. The maximum absolute atomic E-state index is 12.3. The highest BCUT2D eigenvalue weighted by atomic mass is 16.5. The maximum Gasteiger partial charge on any atom is 0.242 e. The van der Waals surface area contributed by atoms with Gasteiger partial charge in [-0.1, -0.05) is 19.3 Å². The second kappa shape index (κ2) is 6.21. The van der Waals surface area contributed by atoms with Crippen LogP contribution in [0.1, 0.15) is 39.0 Å². The summed E-state index contributed by atoms with van der Waals surface area (Å²) in [4.78, 5) is 14.1. The van der Waals surface area contributed by atoms with E-state index in [1.54, 1.807) is 7.11 Å². The summed E-state index contributed by atoms with van der Waals surface area (Å²) < 4.78 is 5.01. The minimum absolute atomic E-state index is 0.103. The van der Waals surface area contributed by atoms with E-state index < -0.39 is 5.54 Å². The third-order valence-electron chi connectivity index (χ3n) is 3.41. The van der Waals surface area contributed by atoms with Gasteiger partial charge in [0, 0.05) is 20.2 Å². The fraction of sp³-hybridized carbons (Fsp3) is 0.917. The average Bonchev–Trinajstić information content (AvgIpc) is 2.31. The van der Waals surface area contributed by atoms with Gasteiger partial charge in [0.2, 0.25) is 5.91 Å². The van der Waals surface area contributed by atoms with Gasteiger partial charge in [0.05, 0.1) is 12.1 Å². The van der Waals surface area contributed by atoms with E-state index in [0.29, 0.717) is 19.7 Å². The van der Waals surface area contributed by atoms with Crippen LogP contribution in [0.3, 0.4) is 0 Å². The van der Waals surface area contributed by atoms with E-state index in [9.17, 15) is 4.79 Å². The molecule has 0 atom stereocenters. The Labute approximate surface area is 98.1 Å². The van der Waals surface area contributed by atoms with Crippen molar-refractivity contribution in [2.45, 2.75) is 44.6 Å². The van der Waals surface area contributed by atoms with Gasteiger partial charge in [-0.15, -0.1) is 0 Å². The minimum Gasteiger partial charge on any atom is -0.383 e. The van der Waals surface area contributed by atoms with Crippen molar-refractivity contribution in [1.82, 2.24) is 4.90 Å². The van der Waals surface area contributed by atoms with Crippen LogP contribution in [0.4, 0.5) is 0 Å². The van der Waals surface area contributed by atoms with Gasteiger partial charge < -0.3 is 15.4 Å². The molecule has 0 saturated heterocycles. The van der Waals surface area contributed by atoms with E-state index in [2.05, 4.69) is 0 Å². The lowest BCUT2D eigenvalue weighted by Crippen LogP contribution is -2.56. The molecule has 0 aromatic rings. The van der Waals surface area contributed by atoms with Crippen molar-refractivity contribution in [1.29, 1.82) is 0 Å². The molecule has 0 aromatic carbocycles. The van der Waals surface area contributed by atoms with Crippen LogP contribution in [0, 0.1) is 0 Å². The predicted octanol–water partition coefficient (Wildman–Crippen LogP) is 1.14. The molecule has 4 nitrogen and oxygen atoms in total. The van der Waals surface area contributed by atoms with Crippen LogP contribution < -0.4 is 5.73 Å². The molecule has 4 heteroatoms. The van der Waals surface area contributed by atoms with Gasteiger partial charge in [-0.25, -0.2) is 0 Å². The summed E-state index contributed by atoms with van der Waals surface area (Å²) >= 11 is 0. The lowest BCUT2D eigenvalue weighted by Gasteiger charge is -2.36. The van der Waals surface area contributed by atoms with Crippen molar-refractivity contribution in [2.24, 2.45) is 5.73 Å². The van der Waals surface area contributed by atoms with E-state index in [-0.39, 0.29) is 5.91 Å². The van der Waals surface area contributed by atoms with Crippen LogP contribution in [0.15, 0.2) is 0 Å². The number of nitrogens with zero attached hydrogens (tertiary/aromatic N) is 1. The van der Waals surface area contributed by atoms with Gasteiger partial charge in [0.25, 0.3) is 0 Å². The third kappa shape index (κ3) is 3.19. The van der Waals surface area contributed by atoms with Crippen LogP contribution in [-0.4, -0.2) is 43.2 Å². The van der Waals surface area contributed by atoms with E-state index in [1.165, 1.54) is 6.42 Å². The van der Waals surface area contributed by atoms with Crippen LogP contribution >= 0.6 is 0 Å². The summed E-state index contributed by atoms with van der Waals surface area (Å²) in [6, 6.07) is 0. The number of methoxy groups -OCH3 is 1. The fourth-order valence-corrected chi connectivity index (χ4v) is 2.32. The Kier molecular flexibility index (Phi) is 5.22. The number of likely N-dealkylation sites (N-methyl/N-ethyl adjacent to an activating group) is 1. The molecule has 0 heterocycles. The zero-order chi connectivity index (χ0) is 12.0. The number of amides is 1. The SMILES string of the molecule is CCN(CCOC)C(=O)C1(N)CCCCC1. The van der Waals surface area contributed by atoms with Gasteiger partial charge in [-0.05, 0) is 19.8 Å². The first-order valence-corrected chi connectivity index (χ1v) is 6.21. The van der Waals surface area contributed by atoms with Crippen molar-refractivity contribution in [2.75, 3.05) is 26.8 Å². The molecule has 94 valence electrons. The summed E-state index contributed by atoms with van der Waals surface area (Å²) in [6.07, 6.45) is 5.01. The van der Waals surface area contributed by atoms with Crippen molar-refractivity contribution in [3.63, 3.8) is 0 Å². The van der Waals surface area contributed by atoms with Gasteiger partial charge in [-0.2, -0.15) is 0 Å². The Morgan fingerprint density at radius 1 is 1.38 bits per heavy atom. The second-order valence-electron chi connectivity index (χ2n) is 4.59. The van der Waals surface area contributed by atoms with Gasteiger partial charge >= 0.3 is 0 Å². The molecular weight excluding hydrogens is 204 g/mol. The monoisotopic (exact) mass is 228 g/mol. The molecule has 0 radical (unpaired) electrons. The maximum atomic E-state index is 12.3. The molecule has 1 aliphatic rings. The van der Waals surface area contributed by atoms with Gasteiger partial charge in [0.1, 0.15) is 0 Å². The Bertz CT molecular complexity index is 225. The van der Waals surface area contributed by atoms with Gasteiger partial charge in [-0.3, -0.25) is 4.79 Å². The first-order valence-electron chi connectivity index (χ1n) is 6.21. The number of hydrogen-bond acceptors (Lipinski definition) is 3. The molecule has 0 aromatic heterocycles. The summed E-state index contributed by atoms with van der Waals surface area (Å²) in [5.41, 5.74) is 5.61. The van der Waals surface area contributed by atoms with Gasteiger partial charge in [0.15, 0.2) is 0 Å². The van der Waals surface area contributed by atoms with Crippen LogP contribution in [0.5, 0.6) is 0 Å². The largest absolute Gasteiger partial charge is 0.383 e. The Morgan fingerprint density at radius 2 is 2.00 bits per heavy atom. The zero-order valence-corrected chi connectivity index (χ0v) is 10.5. The number of rotatable bonds is 5. The molecule has 0 spiro atoms. The number of carbonyl (C=O) groups excluding carboxylic acids is 1. The smallest absolute Gasteiger partial charge is 0.242 e. The zero-order valence-electron chi connectivity index (χ0n) is 10.5. The summed E-state index contributed by atoms with van der Waals surface area (Å²) in [5.74, 6) is 0.103. The molecule has 1 saturated carbocycles. The molecular formula is C12H24N2O2. The Hall–Kier alpha value is -0.610. The van der Waals surface area contributed by atoms with E-state index in [4.69, 9.17) is 10.5 Å². The predicted molar refractivity (Wildman–Crippen MR) is 64.1 cm³/mol. The molecule has 1 aliphatic carbocycles. The van der Waals surface area contributed by atoms with Crippen molar-refractivity contribution >= 4 is 5.91 Å². The minimum atomic E-state index is -0.609. The van der Waals surface area contributed by atoms with Crippen molar-refractivity contribution < 1.29 is 9.53 Å². The Morgan fingerprint density at radius 3 is 2.50 bits per heavy atom. The molecule has 16 heavy (non-hydrogen) atoms.